The molecular weight excluding hydrogens is 282 g/mol. The standard InChI is InChI=1S/C13H16BrNO2/c1-6-5-17-12-9(4)10(14)7(2)8(3)11(12)15-13(6)16/h6H,5H2,1-4H3,(H,15,16). The van der Waals surface area contributed by atoms with Gasteiger partial charge in [0.15, 0.2) is 0 Å². The van der Waals surface area contributed by atoms with E-state index in [9.17, 15) is 4.79 Å². The Morgan fingerprint density at radius 1 is 1.24 bits per heavy atom. The van der Waals surface area contributed by atoms with Gasteiger partial charge in [-0.05, 0) is 31.9 Å². The molecule has 1 N–H and O–H groups in total. The quantitative estimate of drug-likeness (QED) is 0.797. The largest absolute Gasteiger partial charge is 0.490 e. The summed E-state index contributed by atoms with van der Waals surface area (Å²) in [5, 5.41) is 2.96. The second kappa shape index (κ2) is 4.33. The highest BCUT2D eigenvalue weighted by Gasteiger charge is 2.25. The van der Waals surface area contributed by atoms with Gasteiger partial charge in [0, 0.05) is 10.0 Å². The maximum absolute atomic E-state index is 11.8. The molecule has 1 atom stereocenters. The molecule has 1 aromatic rings. The molecule has 0 aromatic heterocycles. The topological polar surface area (TPSA) is 38.3 Å². The summed E-state index contributed by atoms with van der Waals surface area (Å²) in [6.45, 7) is 8.32. The number of fused-ring (bicyclic) bond motifs is 1. The van der Waals surface area contributed by atoms with Crippen molar-refractivity contribution in [2.45, 2.75) is 27.7 Å². The zero-order valence-electron chi connectivity index (χ0n) is 10.5. The first kappa shape index (κ1) is 12.4. The van der Waals surface area contributed by atoms with Crippen molar-refractivity contribution >= 4 is 27.5 Å². The predicted octanol–water partition coefficient (Wildman–Crippen LogP) is 3.34. The van der Waals surface area contributed by atoms with Crippen molar-refractivity contribution in [2.24, 2.45) is 5.92 Å². The first-order valence-electron chi connectivity index (χ1n) is 5.66. The van der Waals surface area contributed by atoms with Crippen molar-refractivity contribution in [1.82, 2.24) is 0 Å². The number of carbonyl (C=O) groups excluding carboxylic acids is 1. The normalized spacial score (nSPS) is 19.1. The second-order valence-electron chi connectivity index (χ2n) is 4.59. The SMILES string of the molecule is Cc1c(C)c2c(c(C)c1Br)OCC(C)C(=O)N2. The molecule has 1 unspecified atom stereocenters. The van der Waals surface area contributed by atoms with Crippen molar-refractivity contribution in [3.8, 4) is 5.75 Å². The Balaban J connectivity index is 2.65. The Morgan fingerprint density at radius 3 is 2.53 bits per heavy atom. The van der Waals surface area contributed by atoms with Crippen LogP contribution in [0.3, 0.4) is 0 Å². The highest BCUT2D eigenvalue weighted by Crippen LogP contribution is 2.41. The van der Waals surface area contributed by atoms with Gasteiger partial charge in [0.2, 0.25) is 5.91 Å². The monoisotopic (exact) mass is 297 g/mol. The van der Waals surface area contributed by atoms with Gasteiger partial charge in [-0.1, -0.05) is 22.9 Å². The van der Waals surface area contributed by atoms with Gasteiger partial charge in [-0.25, -0.2) is 0 Å². The van der Waals surface area contributed by atoms with E-state index in [1.807, 2.05) is 27.7 Å². The van der Waals surface area contributed by atoms with Crippen LogP contribution in [0, 0.1) is 26.7 Å². The average molecular weight is 298 g/mol. The molecule has 0 spiro atoms. The third-order valence-corrected chi connectivity index (χ3v) is 4.53. The van der Waals surface area contributed by atoms with Crippen LogP contribution in [0.4, 0.5) is 5.69 Å². The van der Waals surface area contributed by atoms with E-state index in [0.29, 0.717) is 6.61 Å². The highest BCUT2D eigenvalue weighted by molar-refractivity contribution is 9.10. The molecule has 0 saturated heterocycles. The highest BCUT2D eigenvalue weighted by atomic mass is 79.9. The van der Waals surface area contributed by atoms with Crippen molar-refractivity contribution in [2.75, 3.05) is 11.9 Å². The lowest BCUT2D eigenvalue weighted by Gasteiger charge is -2.17. The Bertz CT molecular complexity index is 497. The fourth-order valence-electron chi connectivity index (χ4n) is 1.95. The molecule has 1 aliphatic heterocycles. The molecule has 1 aliphatic rings. The smallest absolute Gasteiger partial charge is 0.230 e. The van der Waals surface area contributed by atoms with Crippen LogP contribution in [-0.2, 0) is 4.79 Å². The van der Waals surface area contributed by atoms with Crippen LogP contribution in [0.15, 0.2) is 4.47 Å². The van der Waals surface area contributed by atoms with Gasteiger partial charge in [-0.3, -0.25) is 4.79 Å². The van der Waals surface area contributed by atoms with Gasteiger partial charge in [0.05, 0.1) is 18.2 Å². The summed E-state index contributed by atoms with van der Waals surface area (Å²) < 4.78 is 6.82. The summed E-state index contributed by atoms with van der Waals surface area (Å²) in [7, 11) is 0. The molecule has 3 nitrogen and oxygen atoms in total. The van der Waals surface area contributed by atoms with Crippen LogP contribution >= 0.6 is 15.9 Å². The number of anilines is 1. The minimum absolute atomic E-state index is 0.0213. The van der Waals surface area contributed by atoms with Crippen LogP contribution in [-0.4, -0.2) is 12.5 Å². The van der Waals surface area contributed by atoms with E-state index in [4.69, 9.17) is 4.74 Å². The van der Waals surface area contributed by atoms with Crippen molar-refractivity contribution in [3.63, 3.8) is 0 Å². The molecule has 92 valence electrons. The van der Waals surface area contributed by atoms with Crippen LogP contribution < -0.4 is 10.1 Å². The Labute approximate surface area is 110 Å². The number of hydrogen-bond donors (Lipinski definition) is 1. The number of hydrogen-bond acceptors (Lipinski definition) is 2. The first-order chi connectivity index (χ1) is 7.93. The number of ether oxygens (including phenoxy) is 1. The molecule has 1 heterocycles. The van der Waals surface area contributed by atoms with Crippen LogP contribution in [0.2, 0.25) is 0 Å². The zero-order valence-corrected chi connectivity index (χ0v) is 12.1. The lowest BCUT2D eigenvalue weighted by Crippen LogP contribution is -2.22. The van der Waals surface area contributed by atoms with Gasteiger partial charge >= 0.3 is 0 Å². The molecule has 2 rings (SSSR count). The summed E-state index contributed by atoms with van der Waals surface area (Å²) in [6, 6.07) is 0. The third-order valence-electron chi connectivity index (χ3n) is 3.34. The van der Waals surface area contributed by atoms with Gasteiger partial charge in [-0.15, -0.1) is 0 Å². The van der Waals surface area contributed by atoms with Gasteiger partial charge < -0.3 is 10.1 Å². The molecule has 0 bridgehead atoms. The number of nitrogens with one attached hydrogen (secondary N) is 1. The fraction of sp³-hybridized carbons (Fsp3) is 0.462. The predicted molar refractivity (Wildman–Crippen MR) is 71.6 cm³/mol. The second-order valence-corrected chi connectivity index (χ2v) is 5.39. The van der Waals surface area contributed by atoms with Gasteiger partial charge in [0.25, 0.3) is 0 Å². The van der Waals surface area contributed by atoms with Crippen LogP contribution in [0.1, 0.15) is 23.6 Å². The summed E-state index contributed by atoms with van der Waals surface area (Å²) in [5.74, 6) is 0.686. The van der Waals surface area contributed by atoms with E-state index in [0.717, 1.165) is 32.6 Å². The van der Waals surface area contributed by atoms with Crippen molar-refractivity contribution < 1.29 is 9.53 Å². The average Bonchev–Trinajstić information content (AvgIpc) is 2.45. The van der Waals surface area contributed by atoms with Gasteiger partial charge in [0.1, 0.15) is 5.75 Å². The minimum Gasteiger partial charge on any atom is -0.490 e. The van der Waals surface area contributed by atoms with Crippen molar-refractivity contribution in [1.29, 1.82) is 0 Å². The van der Waals surface area contributed by atoms with E-state index in [1.165, 1.54) is 0 Å². The lowest BCUT2D eigenvalue weighted by atomic mass is 10.0. The molecule has 4 heteroatoms. The molecule has 0 aliphatic carbocycles. The summed E-state index contributed by atoms with van der Waals surface area (Å²) in [5.41, 5.74) is 4.05. The van der Waals surface area contributed by atoms with Crippen molar-refractivity contribution in [3.05, 3.63) is 21.2 Å². The summed E-state index contributed by atoms with van der Waals surface area (Å²) in [4.78, 5) is 11.8. The number of carbonyl (C=O) groups is 1. The molecular formula is C13H16BrNO2. The number of benzene rings is 1. The van der Waals surface area contributed by atoms with E-state index in [-0.39, 0.29) is 11.8 Å². The summed E-state index contributed by atoms with van der Waals surface area (Å²) >= 11 is 3.57. The molecule has 0 radical (unpaired) electrons. The molecule has 1 amide bonds. The van der Waals surface area contributed by atoms with Gasteiger partial charge in [-0.2, -0.15) is 0 Å². The number of amides is 1. The Hall–Kier alpha value is -1.03. The van der Waals surface area contributed by atoms with E-state index in [1.54, 1.807) is 0 Å². The zero-order chi connectivity index (χ0) is 12.7. The number of rotatable bonds is 0. The number of halogens is 1. The maximum atomic E-state index is 11.8. The Morgan fingerprint density at radius 2 is 1.88 bits per heavy atom. The van der Waals surface area contributed by atoms with E-state index >= 15 is 0 Å². The molecule has 17 heavy (non-hydrogen) atoms. The lowest BCUT2D eigenvalue weighted by molar-refractivity contribution is -0.119. The fourth-order valence-corrected chi connectivity index (χ4v) is 2.43. The molecule has 1 aromatic carbocycles. The molecule has 0 fully saturated rings. The minimum atomic E-state index is -0.125. The van der Waals surface area contributed by atoms with Crippen LogP contribution in [0.5, 0.6) is 5.75 Å². The van der Waals surface area contributed by atoms with E-state index < -0.39 is 0 Å². The van der Waals surface area contributed by atoms with Crippen LogP contribution in [0.25, 0.3) is 0 Å². The summed E-state index contributed by atoms with van der Waals surface area (Å²) in [6.07, 6.45) is 0. The van der Waals surface area contributed by atoms with E-state index in [2.05, 4.69) is 21.2 Å². The Kier molecular flexibility index (Phi) is 3.17. The molecule has 0 saturated carbocycles. The first-order valence-corrected chi connectivity index (χ1v) is 6.45. The maximum Gasteiger partial charge on any atom is 0.230 e. The third kappa shape index (κ3) is 1.95.